The first kappa shape index (κ1) is 14.8. The molecule has 0 aliphatic carbocycles. The molecule has 19 heavy (non-hydrogen) atoms. The van der Waals surface area contributed by atoms with Crippen molar-refractivity contribution in [1.82, 2.24) is 15.2 Å². The number of anilines is 1. The van der Waals surface area contributed by atoms with Crippen LogP contribution in [0.15, 0.2) is 6.20 Å². The summed E-state index contributed by atoms with van der Waals surface area (Å²) in [4.78, 5) is 10.7. The molecule has 2 heterocycles. The fraction of sp³-hybridized carbons (Fsp3) is 0.786. The van der Waals surface area contributed by atoms with Gasteiger partial charge in [-0.2, -0.15) is 0 Å². The number of hydrogen-bond acceptors (Lipinski definition) is 5. The normalized spacial score (nSPS) is 17.8. The van der Waals surface area contributed by atoms with Crippen LogP contribution in [0.3, 0.4) is 0 Å². The van der Waals surface area contributed by atoms with Crippen LogP contribution in [0.1, 0.15) is 37.6 Å². The third kappa shape index (κ3) is 4.16. The van der Waals surface area contributed by atoms with Gasteiger partial charge >= 0.3 is 0 Å². The van der Waals surface area contributed by atoms with E-state index in [0.29, 0.717) is 6.04 Å². The lowest BCUT2D eigenvalue weighted by Gasteiger charge is -2.20. The van der Waals surface area contributed by atoms with E-state index in [0.717, 1.165) is 24.8 Å². The Morgan fingerprint density at radius 1 is 1.47 bits per heavy atom. The fourth-order valence-electron chi connectivity index (χ4n) is 2.45. The van der Waals surface area contributed by atoms with E-state index in [1.54, 1.807) is 11.3 Å². The first-order valence-corrected chi connectivity index (χ1v) is 8.15. The Hall–Kier alpha value is -0.650. The minimum absolute atomic E-state index is 0.406. The molecule has 0 amide bonds. The van der Waals surface area contributed by atoms with E-state index in [1.807, 2.05) is 6.20 Å². The molecule has 1 atom stereocenters. The van der Waals surface area contributed by atoms with Crippen molar-refractivity contribution in [2.75, 3.05) is 44.7 Å². The summed E-state index contributed by atoms with van der Waals surface area (Å²) in [6.07, 6.45) is 4.75. The molecule has 4 nitrogen and oxygen atoms in total. The largest absolute Gasteiger partial charge is 0.350 e. The third-order valence-electron chi connectivity index (χ3n) is 3.73. The van der Waals surface area contributed by atoms with Gasteiger partial charge in [-0.3, -0.25) is 0 Å². The van der Waals surface area contributed by atoms with E-state index in [-0.39, 0.29) is 0 Å². The van der Waals surface area contributed by atoms with Crippen LogP contribution >= 0.6 is 11.3 Å². The van der Waals surface area contributed by atoms with E-state index in [1.165, 1.54) is 30.8 Å². The standard InChI is InChI=1S/C14H26N4S/c1-4-15-12(2)13-11-16-14(19-13)17(3)9-10-18-7-5-6-8-18/h11-12,15H,4-10H2,1-3H3. The predicted octanol–water partition coefficient (Wildman–Crippen LogP) is 2.35. The summed E-state index contributed by atoms with van der Waals surface area (Å²) >= 11 is 1.81. The van der Waals surface area contributed by atoms with Gasteiger partial charge in [-0.15, -0.1) is 11.3 Å². The van der Waals surface area contributed by atoms with Crippen molar-refractivity contribution in [1.29, 1.82) is 0 Å². The van der Waals surface area contributed by atoms with Crippen LogP contribution < -0.4 is 10.2 Å². The lowest BCUT2D eigenvalue weighted by Crippen LogP contribution is -2.31. The lowest BCUT2D eigenvalue weighted by molar-refractivity contribution is 0.346. The number of nitrogens with one attached hydrogen (secondary N) is 1. The number of nitrogens with zero attached hydrogens (tertiary/aromatic N) is 3. The molecule has 1 unspecified atom stereocenters. The highest BCUT2D eigenvalue weighted by molar-refractivity contribution is 7.15. The maximum absolute atomic E-state index is 4.55. The van der Waals surface area contributed by atoms with Crippen LogP contribution in [-0.4, -0.2) is 49.7 Å². The molecule has 1 saturated heterocycles. The van der Waals surface area contributed by atoms with Crippen LogP contribution in [0.4, 0.5) is 5.13 Å². The Morgan fingerprint density at radius 2 is 2.21 bits per heavy atom. The van der Waals surface area contributed by atoms with Gasteiger partial charge in [-0.25, -0.2) is 4.98 Å². The van der Waals surface area contributed by atoms with Crippen LogP contribution in [0.2, 0.25) is 0 Å². The molecule has 0 spiro atoms. The van der Waals surface area contributed by atoms with Gasteiger partial charge in [0.25, 0.3) is 0 Å². The Labute approximate surface area is 120 Å². The van der Waals surface area contributed by atoms with Crippen LogP contribution in [0.5, 0.6) is 0 Å². The zero-order valence-corrected chi connectivity index (χ0v) is 13.2. The van der Waals surface area contributed by atoms with Crippen molar-refractivity contribution >= 4 is 16.5 Å². The van der Waals surface area contributed by atoms with E-state index in [4.69, 9.17) is 0 Å². The summed E-state index contributed by atoms with van der Waals surface area (Å²) in [7, 11) is 2.15. The molecule has 1 aromatic heterocycles. The second-order valence-electron chi connectivity index (χ2n) is 5.29. The summed E-state index contributed by atoms with van der Waals surface area (Å²) in [5, 5.41) is 4.57. The lowest BCUT2D eigenvalue weighted by atomic mass is 10.3. The second-order valence-corrected chi connectivity index (χ2v) is 6.34. The summed E-state index contributed by atoms with van der Waals surface area (Å²) in [6.45, 7) is 10.1. The maximum Gasteiger partial charge on any atom is 0.185 e. The molecule has 5 heteroatoms. The topological polar surface area (TPSA) is 31.4 Å². The Morgan fingerprint density at radius 3 is 2.89 bits per heavy atom. The zero-order valence-electron chi connectivity index (χ0n) is 12.4. The summed E-state index contributed by atoms with van der Waals surface area (Å²) in [5.74, 6) is 0. The first-order chi connectivity index (χ1) is 9.20. The van der Waals surface area contributed by atoms with Crippen molar-refractivity contribution in [3.05, 3.63) is 11.1 Å². The zero-order chi connectivity index (χ0) is 13.7. The van der Waals surface area contributed by atoms with Crippen LogP contribution in [0, 0.1) is 0 Å². The average molecular weight is 282 g/mol. The Balaban J connectivity index is 1.83. The summed E-state index contributed by atoms with van der Waals surface area (Å²) in [6, 6.07) is 0.406. The molecule has 108 valence electrons. The number of hydrogen-bond donors (Lipinski definition) is 1. The monoisotopic (exact) mass is 282 g/mol. The van der Waals surface area contributed by atoms with Crippen LogP contribution in [0.25, 0.3) is 0 Å². The molecule has 0 saturated carbocycles. The fourth-order valence-corrected chi connectivity index (χ4v) is 3.38. The summed E-state index contributed by atoms with van der Waals surface area (Å²) in [5.41, 5.74) is 0. The maximum atomic E-state index is 4.55. The van der Waals surface area contributed by atoms with Gasteiger partial charge in [0.15, 0.2) is 5.13 Å². The van der Waals surface area contributed by atoms with Gasteiger partial charge in [-0.05, 0) is 39.4 Å². The van der Waals surface area contributed by atoms with E-state index in [9.17, 15) is 0 Å². The van der Waals surface area contributed by atoms with Crippen molar-refractivity contribution in [3.8, 4) is 0 Å². The van der Waals surface area contributed by atoms with Crippen LogP contribution in [-0.2, 0) is 0 Å². The van der Waals surface area contributed by atoms with Gasteiger partial charge in [0.1, 0.15) is 0 Å². The van der Waals surface area contributed by atoms with Gasteiger partial charge in [0, 0.05) is 37.3 Å². The molecule has 1 aliphatic heterocycles. The molecule has 2 rings (SSSR count). The van der Waals surface area contributed by atoms with Crippen molar-refractivity contribution in [3.63, 3.8) is 0 Å². The second kappa shape index (κ2) is 7.22. The minimum Gasteiger partial charge on any atom is -0.350 e. The minimum atomic E-state index is 0.406. The van der Waals surface area contributed by atoms with Gasteiger partial charge in [-0.1, -0.05) is 6.92 Å². The molecular formula is C14H26N4S. The first-order valence-electron chi connectivity index (χ1n) is 7.33. The smallest absolute Gasteiger partial charge is 0.185 e. The molecule has 1 aliphatic rings. The number of aromatic nitrogens is 1. The molecule has 1 fully saturated rings. The number of thiazole rings is 1. The van der Waals surface area contributed by atoms with E-state index < -0.39 is 0 Å². The van der Waals surface area contributed by atoms with Crippen molar-refractivity contribution in [2.24, 2.45) is 0 Å². The third-order valence-corrected chi connectivity index (χ3v) is 5.02. The summed E-state index contributed by atoms with van der Waals surface area (Å²) < 4.78 is 0. The van der Waals surface area contributed by atoms with Gasteiger partial charge < -0.3 is 15.1 Å². The highest BCUT2D eigenvalue weighted by Gasteiger charge is 2.14. The van der Waals surface area contributed by atoms with E-state index in [2.05, 4.69) is 41.0 Å². The Bertz CT molecular complexity index is 373. The van der Waals surface area contributed by atoms with Gasteiger partial charge in [0.2, 0.25) is 0 Å². The van der Waals surface area contributed by atoms with Crippen molar-refractivity contribution in [2.45, 2.75) is 32.7 Å². The van der Waals surface area contributed by atoms with Crippen molar-refractivity contribution < 1.29 is 0 Å². The quantitative estimate of drug-likeness (QED) is 0.832. The molecule has 1 N–H and O–H groups in total. The molecule has 0 bridgehead atoms. The number of likely N-dealkylation sites (tertiary alicyclic amines) is 1. The molecule has 1 aromatic rings. The van der Waals surface area contributed by atoms with Gasteiger partial charge in [0.05, 0.1) is 0 Å². The Kier molecular flexibility index (Phi) is 5.60. The molecular weight excluding hydrogens is 256 g/mol. The van der Waals surface area contributed by atoms with E-state index >= 15 is 0 Å². The highest BCUT2D eigenvalue weighted by Crippen LogP contribution is 2.26. The molecule has 0 aromatic carbocycles. The average Bonchev–Trinajstić information content (AvgIpc) is 3.07. The number of rotatable bonds is 7. The number of likely N-dealkylation sites (N-methyl/N-ethyl adjacent to an activating group) is 1. The SMILES string of the molecule is CCNC(C)c1cnc(N(C)CCN2CCCC2)s1. The predicted molar refractivity (Wildman–Crippen MR) is 83.1 cm³/mol. The molecule has 0 radical (unpaired) electrons. The highest BCUT2D eigenvalue weighted by atomic mass is 32.1.